The molecule has 0 spiro atoms. The molecule has 2 heterocycles. The topological polar surface area (TPSA) is 42.0 Å². The van der Waals surface area contributed by atoms with Crippen LogP contribution in [0, 0.1) is 0 Å². The summed E-state index contributed by atoms with van der Waals surface area (Å²) >= 11 is 3.16. The molecule has 2 aromatic heterocycles. The standard InChI is InChI=1S/C18H16N2OS2/c21-17(20-18-19-8-9-22-18)15-11-23-16-10-13(6-7-14(15)16)12-4-2-1-3-5-12/h1-5,8-9,11,13H,6-7,10H2,(H,19,20,21)/t13-/m0/s1. The Morgan fingerprint density at radius 1 is 1.22 bits per heavy atom. The van der Waals surface area contributed by atoms with Gasteiger partial charge in [-0.25, -0.2) is 4.98 Å². The lowest BCUT2D eigenvalue weighted by Gasteiger charge is -2.23. The first-order valence-electron chi connectivity index (χ1n) is 7.66. The second-order valence-corrected chi connectivity index (χ2v) is 7.55. The number of thiazole rings is 1. The third kappa shape index (κ3) is 2.94. The Hall–Kier alpha value is -1.98. The Bertz CT molecular complexity index is 809. The van der Waals surface area contributed by atoms with E-state index in [-0.39, 0.29) is 5.91 Å². The van der Waals surface area contributed by atoms with Crippen molar-refractivity contribution in [2.75, 3.05) is 5.32 Å². The minimum Gasteiger partial charge on any atom is -0.298 e. The monoisotopic (exact) mass is 340 g/mol. The number of aromatic nitrogens is 1. The number of nitrogens with zero attached hydrogens (tertiary/aromatic N) is 1. The summed E-state index contributed by atoms with van der Waals surface area (Å²) in [6, 6.07) is 10.7. The molecule has 5 heteroatoms. The Labute approximate surface area is 143 Å². The zero-order valence-electron chi connectivity index (χ0n) is 12.5. The van der Waals surface area contributed by atoms with Crippen molar-refractivity contribution in [3.63, 3.8) is 0 Å². The van der Waals surface area contributed by atoms with Crippen LogP contribution in [0.15, 0.2) is 47.3 Å². The number of benzene rings is 1. The van der Waals surface area contributed by atoms with Gasteiger partial charge in [0, 0.05) is 21.8 Å². The number of hydrogen-bond acceptors (Lipinski definition) is 4. The van der Waals surface area contributed by atoms with Crippen LogP contribution in [-0.2, 0) is 12.8 Å². The van der Waals surface area contributed by atoms with Gasteiger partial charge in [0.25, 0.3) is 5.91 Å². The van der Waals surface area contributed by atoms with E-state index in [9.17, 15) is 4.79 Å². The fraction of sp³-hybridized carbons (Fsp3) is 0.222. The highest BCUT2D eigenvalue weighted by Gasteiger charge is 2.26. The number of amides is 1. The van der Waals surface area contributed by atoms with Crippen molar-refractivity contribution < 1.29 is 4.79 Å². The Kier molecular flexibility index (Phi) is 3.97. The molecule has 0 saturated carbocycles. The molecule has 0 radical (unpaired) electrons. The van der Waals surface area contributed by atoms with Crippen LogP contribution < -0.4 is 5.32 Å². The van der Waals surface area contributed by atoms with Crippen molar-refractivity contribution in [3.05, 3.63) is 68.9 Å². The van der Waals surface area contributed by atoms with Crippen molar-refractivity contribution in [1.82, 2.24) is 4.98 Å². The molecule has 1 aromatic carbocycles. The SMILES string of the molecule is O=C(Nc1nccs1)c1csc2c1CC[C@H](c1ccccc1)C2. The summed E-state index contributed by atoms with van der Waals surface area (Å²) in [5.41, 5.74) is 3.46. The molecule has 1 N–H and O–H groups in total. The van der Waals surface area contributed by atoms with Crippen molar-refractivity contribution >= 4 is 33.7 Å². The van der Waals surface area contributed by atoms with Gasteiger partial charge < -0.3 is 0 Å². The minimum atomic E-state index is -0.0318. The molecule has 0 saturated heterocycles. The number of carbonyl (C=O) groups excluding carboxylic acids is 1. The van der Waals surface area contributed by atoms with Crippen molar-refractivity contribution in [2.24, 2.45) is 0 Å². The van der Waals surface area contributed by atoms with Crippen LogP contribution in [0.4, 0.5) is 5.13 Å². The molecule has 116 valence electrons. The third-order valence-electron chi connectivity index (χ3n) is 4.32. The van der Waals surface area contributed by atoms with Crippen LogP contribution in [0.2, 0.25) is 0 Å². The van der Waals surface area contributed by atoms with E-state index in [0.29, 0.717) is 11.0 Å². The highest BCUT2D eigenvalue weighted by Crippen LogP contribution is 2.37. The predicted molar refractivity (Wildman–Crippen MR) is 95.6 cm³/mol. The van der Waals surface area contributed by atoms with Gasteiger partial charge in [0.1, 0.15) is 0 Å². The lowest BCUT2D eigenvalue weighted by molar-refractivity contribution is 0.102. The maximum absolute atomic E-state index is 12.5. The van der Waals surface area contributed by atoms with E-state index in [1.807, 2.05) is 10.8 Å². The molecule has 0 bridgehead atoms. The molecule has 0 fully saturated rings. The number of thiophene rings is 1. The third-order valence-corrected chi connectivity index (χ3v) is 6.06. The lowest BCUT2D eigenvalue weighted by atomic mass is 9.83. The zero-order chi connectivity index (χ0) is 15.6. The van der Waals surface area contributed by atoms with Crippen LogP contribution in [0.25, 0.3) is 0 Å². The largest absolute Gasteiger partial charge is 0.298 e. The molecule has 0 aliphatic heterocycles. The average molecular weight is 340 g/mol. The summed E-state index contributed by atoms with van der Waals surface area (Å²) in [5.74, 6) is 0.535. The molecular weight excluding hydrogens is 324 g/mol. The van der Waals surface area contributed by atoms with E-state index in [2.05, 4.69) is 40.6 Å². The first-order chi connectivity index (χ1) is 11.3. The number of rotatable bonds is 3. The Morgan fingerprint density at radius 3 is 2.87 bits per heavy atom. The smallest absolute Gasteiger partial charge is 0.258 e. The normalized spacial score (nSPS) is 16.8. The fourth-order valence-electron chi connectivity index (χ4n) is 3.16. The number of nitrogens with one attached hydrogen (secondary N) is 1. The molecule has 1 aliphatic rings. The van der Waals surface area contributed by atoms with E-state index < -0.39 is 0 Å². The summed E-state index contributed by atoms with van der Waals surface area (Å²) in [4.78, 5) is 17.9. The maximum atomic E-state index is 12.5. The molecule has 1 amide bonds. The Balaban J connectivity index is 1.54. The van der Waals surface area contributed by atoms with Crippen molar-refractivity contribution in [3.8, 4) is 0 Å². The van der Waals surface area contributed by atoms with Gasteiger partial charge in [-0.1, -0.05) is 30.3 Å². The predicted octanol–water partition coefficient (Wildman–Crippen LogP) is 4.73. The molecule has 1 aliphatic carbocycles. The molecular formula is C18H16N2OS2. The summed E-state index contributed by atoms with van der Waals surface area (Å²) in [6.45, 7) is 0. The second-order valence-electron chi connectivity index (χ2n) is 5.69. The van der Waals surface area contributed by atoms with E-state index in [4.69, 9.17) is 0 Å². The zero-order valence-corrected chi connectivity index (χ0v) is 14.1. The van der Waals surface area contributed by atoms with E-state index in [0.717, 1.165) is 24.8 Å². The molecule has 3 nitrogen and oxygen atoms in total. The van der Waals surface area contributed by atoms with Crippen LogP contribution >= 0.6 is 22.7 Å². The van der Waals surface area contributed by atoms with Crippen LogP contribution in [0.3, 0.4) is 0 Å². The summed E-state index contributed by atoms with van der Waals surface area (Å²) in [7, 11) is 0. The minimum absolute atomic E-state index is 0.0318. The summed E-state index contributed by atoms with van der Waals surface area (Å²) in [6.07, 6.45) is 4.81. The van der Waals surface area contributed by atoms with Gasteiger partial charge in [0.15, 0.2) is 5.13 Å². The van der Waals surface area contributed by atoms with Crippen molar-refractivity contribution in [2.45, 2.75) is 25.2 Å². The number of carbonyl (C=O) groups is 1. The summed E-state index contributed by atoms with van der Waals surface area (Å²) < 4.78 is 0. The number of anilines is 1. The maximum Gasteiger partial charge on any atom is 0.258 e. The van der Waals surface area contributed by atoms with Gasteiger partial charge in [0.05, 0.1) is 5.56 Å². The molecule has 23 heavy (non-hydrogen) atoms. The first-order valence-corrected chi connectivity index (χ1v) is 9.42. The fourth-order valence-corrected chi connectivity index (χ4v) is 4.85. The van der Waals surface area contributed by atoms with E-state index in [1.165, 1.54) is 27.3 Å². The first kappa shape index (κ1) is 14.6. The van der Waals surface area contributed by atoms with Crippen molar-refractivity contribution in [1.29, 1.82) is 0 Å². The lowest BCUT2D eigenvalue weighted by Crippen LogP contribution is -2.16. The van der Waals surface area contributed by atoms with Gasteiger partial charge in [-0.15, -0.1) is 22.7 Å². The van der Waals surface area contributed by atoms with Gasteiger partial charge >= 0.3 is 0 Å². The molecule has 3 aromatic rings. The average Bonchev–Trinajstić information content (AvgIpc) is 3.24. The van der Waals surface area contributed by atoms with Crippen LogP contribution in [-0.4, -0.2) is 10.9 Å². The highest BCUT2D eigenvalue weighted by atomic mass is 32.1. The van der Waals surface area contributed by atoms with Gasteiger partial charge in [-0.2, -0.15) is 0 Å². The van der Waals surface area contributed by atoms with E-state index in [1.54, 1.807) is 17.5 Å². The molecule has 4 rings (SSSR count). The van der Waals surface area contributed by atoms with Gasteiger partial charge in [-0.3, -0.25) is 10.1 Å². The highest BCUT2D eigenvalue weighted by molar-refractivity contribution is 7.13. The van der Waals surface area contributed by atoms with Gasteiger partial charge in [-0.05, 0) is 36.3 Å². The quantitative estimate of drug-likeness (QED) is 0.749. The van der Waals surface area contributed by atoms with Gasteiger partial charge in [0.2, 0.25) is 0 Å². The van der Waals surface area contributed by atoms with Crippen LogP contribution in [0.5, 0.6) is 0 Å². The Morgan fingerprint density at radius 2 is 2.09 bits per heavy atom. The molecule has 1 atom stereocenters. The number of hydrogen-bond donors (Lipinski definition) is 1. The number of fused-ring (bicyclic) bond motifs is 1. The van der Waals surface area contributed by atoms with E-state index >= 15 is 0 Å². The summed E-state index contributed by atoms with van der Waals surface area (Å²) in [5, 5.41) is 7.42. The molecule has 0 unspecified atom stereocenters. The van der Waals surface area contributed by atoms with Crippen LogP contribution in [0.1, 0.15) is 38.7 Å². The second kappa shape index (κ2) is 6.26.